The second kappa shape index (κ2) is 6.62. The zero-order chi connectivity index (χ0) is 11.1. The van der Waals surface area contributed by atoms with Gasteiger partial charge in [0.2, 0.25) is 0 Å². The van der Waals surface area contributed by atoms with E-state index in [1.165, 1.54) is 19.3 Å². The lowest BCUT2D eigenvalue weighted by molar-refractivity contribution is 0.613. The van der Waals surface area contributed by atoms with Crippen molar-refractivity contribution in [3.05, 3.63) is 17.5 Å². The highest BCUT2D eigenvalue weighted by atomic mass is 35.5. The molecule has 0 bridgehead atoms. The third-order valence-corrected chi connectivity index (χ3v) is 2.55. The normalized spacial score (nSPS) is 12.5. The molecule has 1 rings (SSSR count). The quantitative estimate of drug-likeness (QED) is 0.756. The van der Waals surface area contributed by atoms with Gasteiger partial charge < -0.3 is 5.32 Å². The van der Waals surface area contributed by atoms with Gasteiger partial charge in [-0.05, 0) is 13.3 Å². The minimum Gasteiger partial charge on any atom is -0.365 e. The summed E-state index contributed by atoms with van der Waals surface area (Å²) in [6.07, 6.45) is 8.14. The van der Waals surface area contributed by atoms with Gasteiger partial charge >= 0.3 is 0 Å². The molecule has 0 saturated heterocycles. The zero-order valence-electron chi connectivity index (χ0n) is 9.33. The van der Waals surface area contributed by atoms with E-state index < -0.39 is 0 Å². The molecule has 0 amide bonds. The molecule has 0 fully saturated rings. The third-order valence-electron chi connectivity index (χ3n) is 2.28. The van der Waals surface area contributed by atoms with Crippen molar-refractivity contribution in [1.82, 2.24) is 9.97 Å². The van der Waals surface area contributed by atoms with Gasteiger partial charge in [0.05, 0.1) is 0 Å². The van der Waals surface area contributed by atoms with Crippen LogP contribution in [0.1, 0.15) is 39.5 Å². The van der Waals surface area contributed by atoms with Gasteiger partial charge in [0.25, 0.3) is 0 Å². The van der Waals surface area contributed by atoms with Crippen LogP contribution in [-0.4, -0.2) is 16.0 Å². The Morgan fingerprint density at radius 1 is 1.33 bits per heavy atom. The van der Waals surface area contributed by atoms with Crippen LogP contribution in [0.2, 0.25) is 5.15 Å². The van der Waals surface area contributed by atoms with E-state index in [9.17, 15) is 0 Å². The van der Waals surface area contributed by atoms with E-state index in [2.05, 4.69) is 29.1 Å². The summed E-state index contributed by atoms with van der Waals surface area (Å²) in [6.45, 7) is 4.35. The molecule has 1 unspecified atom stereocenters. The highest BCUT2D eigenvalue weighted by Crippen LogP contribution is 2.16. The van der Waals surface area contributed by atoms with E-state index in [1.807, 2.05) is 0 Å². The number of anilines is 1. The summed E-state index contributed by atoms with van der Waals surface area (Å²) < 4.78 is 0. The van der Waals surface area contributed by atoms with E-state index >= 15 is 0 Å². The average Bonchev–Trinajstić information content (AvgIpc) is 2.22. The van der Waals surface area contributed by atoms with Crippen molar-refractivity contribution in [2.75, 3.05) is 5.32 Å². The van der Waals surface area contributed by atoms with Crippen molar-refractivity contribution in [3.63, 3.8) is 0 Å². The molecule has 0 saturated carbocycles. The Bertz CT molecular complexity index is 291. The Labute approximate surface area is 96.3 Å². The van der Waals surface area contributed by atoms with Crippen molar-refractivity contribution < 1.29 is 0 Å². The van der Waals surface area contributed by atoms with Gasteiger partial charge in [0.15, 0.2) is 11.0 Å². The van der Waals surface area contributed by atoms with Gasteiger partial charge in [-0.1, -0.05) is 37.8 Å². The summed E-state index contributed by atoms with van der Waals surface area (Å²) in [6, 6.07) is 0.394. The SMILES string of the molecule is CCCCCC(C)Nc1nccnc1Cl. The molecule has 1 aromatic rings. The highest BCUT2D eigenvalue weighted by molar-refractivity contribution is 6.31. The Balaban J connectivity index is 2.37. The van der Waals surface area contributed by atoms with Crippen LogP contribution in [0.3, 0.4) is 0 Å². The van der Waals surface area contributed by atoms with Crippen LogP contribution in [0.5, 0.6) is 0 Å². The van der Waals surface area contributed by atoms with E-state index in [0.29, 0.717) is 17.0 Å². The van der Waals surface area contributed by atoms with Gasteiger partial charge in [-0.2, -0.15) is 0 Å². The van der Waals surface area contributed by atoms with E-state index in [1.54, 1.807) is 12.4 Å². The topological polar surface area (TPSA) is 37.8 Å². The summed E-state index contributed by atoms with van der Waals surface area (Å²) in [5, 5.41) is 3.71. The number of hydrogen-bond acceptors (Lipinski definition) is 3. The van der Waals surface area contributed by atoms with Crippen molar-refractivity contribution >= 4 is 17.4 Å². The summed E-state index contributed by atoms with van der Waals surface area (Å²) in [5.41, 5.74) is 0. The molecule has 4 heteroatoms. The molecule has 0 aliphatic heterocycles. The molecule has 1 atom stereocenters. The van der Waals surface area contributed by atoms with Crippen LogP contribution in [-0.2, 0) is 0 Å². The third kappa shape index (κ3) is 4.47. The number of nitrogens with one attached hydrogen (secondary N) is 1. The second-order valence-corrected chi connectivity index (χ2v) is 4.09. The molecule has 1 heterocycles. The van der Waals surface area contributed by atoms with Gasteiger partial charge in [0.1, 0.15) is 0 Å². The van der Waals surface area contributed by atoms with Crippen LogP contribution in [0.25, 0.3) is 0 Å². The Hall–Kier alpha value is -0.830. The molecular formula is C11H18ClN3. The van der Waals surface area contributed by atoms with Crippen LogP contribution < -0.4 is 5.32 Å². The van der Waals surface area contributed by atoms with Crippen molar-refractivity contribution in [1.29, 1.82) is 0 Å². The lowest BCUT2D eigenvalue weighted by Crippen LogP contribution is -2.16. The second-order valence-electron chi connectivity index (χ2n) is 3.74. The van der Waals surface area contributed by atoms with Crippen LogP contribution in [0.15, 0.2) is 12.4 Å². The first kappa shape index (κ1) is 12.2. The molecule has 0 aliphatic carbocycles. The maximum Gasteiger partial charge on any atom is 0.171 e. The molecule has 0 aromatic carbocycles. The maximum absolute atomic E-state index is 5.89. The van der Waals surface area contributed by atoms with Crippen LogP contribution >= 0.6 is 11.6 Å². The zero-order valence-corrected chi connectivity index (χ0v) is 10.1. The number of halogens is 1. The molecule has 0 spiro atoms. The number of unbranched alkanes of at least 4 members (excludes halogenated alkanes) is 2. The molecule has 0 radical (unpaired) electrons. The first-order chi connectivity index (χ1) is 7.24. The van der Waals surface area contributed by atoms with Crippen molar-refractivity contribution in [2.45, 2.75) is 45.6 Å². The molecule has 1 N–H and O–H groups in total. The summed E-state index contributed by atoms with van der Waals surface area (Å²) >= 11 is 5.89. The molecule has 84 valence electrons. The van der Waals surface area contributed by atoms with Crippen LogP contribution in [0, 0.1) is 0 Å². The minimum absolute atomic E-state index is 0.394. The minimum atomic E-state index is 0.394. The number of aromatic nitrogens is 2. The van der Waals surface area contributed by atoms with E-state index in [0.717, 1.165) is 6.42 Å². The fraction of sp³-hybridized carbons (Fsp3) is 0.636. The lowest BCUT2D eigenvalue weighted by atomic mass is 10.1. The molecule has 3 nitrogen and oxygen atoms in total. The fourth-order valence-corrected chi connectivity index (χ4v) is 1.58. The Morgan fingerprint density at radius 3 is 2.73 bits per heavy atom. The number of hydrogen-bond donors (Lipinski definition) is 1. The Kier molecular flexibility index (Phi) is 5.40. The predicted octanol–water partition coefficient (Wildman–Crippen LogP) is 3.51. The van der Waals surface area contributed by atoms with Gasteiger partial charge in [-0.3, -0.25) is 0 Å². The smallest absolute Gasteiger partial charge is 0.171 e. The number of rotatable bonds is 6. The largest absolute Gasteiger partial charge is 0.365 e. The molecule has 0 aliphatic rings. The lowest BCUT2D eigenvalue weighted by Gasteiger charge is -2.14. The average molecular weight is 228 g/mol. The predicted molar refractivity (Wildman–Crippen MR) is 64.3 cm³/mol. The van der Waals surface area contributed by atoms with Gasteiger partial charge in [-0.15, -0.1) is 0 Å². The first-order valence-electron chi connectivity index (χ1n) is 5.47. The molecule has 1 aromatic heterocycles. The number of nitrogens with zero attached hydrogens (tertiary/aromatic N) is 2. The molecular weight excluding hydrogens is 210 g/mol. The van der Waals surface area contributed by atoms with Gasteiger partial charge in [0, 0.05) is 18.4 Å². The summed E-state index contributed by atoms with van der Waals surface area (Å²) in [5.74, 6) is 0.683. The van der Waals surface area contributed by atoms with Crippen molar-refractivity contribution in [2.24, 2.45) is 0 Å². The highest BCUT2D eigenvalue weighted by Gasteiger charge is 2.06. The summed E-state index contributed by atoms with van der Waals surface area (Å²) in [7, 11) is 0. The first-order valence-corrected chi connectivity index (χ1v) is 5.85. The summed E-state index contributed by atoms with van der Waals surface area (Å²) in [4.78, 5) is 8.11. The maximum atomic E-state index is 5.89. The fourth-order valence-electron chi connectivity index (χ4n) is 1.42. The Morgan fingerprint density at radius 2 is 2.07 bits per heavy atom. The van der Waals surface area contributed by atoms with Crippen molar-refractivity contribution in [3.8, 4) is 0 Å². The monoisotopic (exact) mass is 227 g/mol. The van der Waals surface area contributed by atoms with E-state index in [-0.39, 0.29) is 0 Å². The molecule has 15 heavy (non-hydrogen) atoms. The van der Waals surface area contributed by atoms with E-state index in [4.69, 9.17) is 11.6 Å². The standard InChI is InChI=1S/C11H18ClN3/c1-3-4-5-6-9(2)15-11-10(12)13-7-8-14-11/h7-9H,3-6H2,1-2H3,(H,14,15). The van der Waals surface area contributed by atoms with Crippen LogP contribution in [0.4, 0.5) is 5.82 Å². The van der Waals surface area contributed by atoms with Gasteiger partial charge in [-0.25, -0.2) is 9.97 Å².